The maximum atomic E-state index is 10.2. The normalized spacial score (nSPS) is 12.3. The van der Waals surface area contributed by atoms with Crippen molar-refractivity contribution in [3.05, 3.63) is 41.7 Å². The molecule has 0 saturated carbocycles. The number of rotatable bonds is 5. The van der Waals surface area contributed by atoms with Crippen molar-refractivity contribution in [3.63, 3.8) is 0 Å². The molecule has 0 aliphatic carbocycles. The zero-order chi connectivity index (χ0) is 8.81. The van der Waals surface area contributed by atoms with Crippen LogP contribution >= 0.6 is 0 Å². The fraction of sp³-hybridized carbons (Fsp3) is 0.250. The van der Waals surface area contributed by atoms with Gasteiger partial charge in [0, 0.05) is 0 Å². The summed E-state index contributed by atoms with van der Waals surface area (Å²) in [6.45, 7) is 3.72. The van der Waals surface area contributed by atoms with Crippen molar-refractivity contribution in [1.82, 2.24) is 0 Å². The standard InChI is InChI=1S/C8H9NO3/c1-2-5-12-8(9-10)7-4-3-6-11-7/h2-4,6,8H,1,5H2. The fourth-order valence-corrected chi connectivity index (χ4v) is 0.755. The first-order valence-corrected chi connectivity index (χ1v) is 3.47. The summed E-state index contributed by atoms with van der Waals surface area (Å²) in [5, 5.41) is 2.75. The molecule has 0 spiro atoms. The molecule has 1 heterocycles. The Bertz CT molecular complexity index is 243. The lowest BCUT2D eigenvalue weighted by atomic mass is 10.4. The summed E-state index contributed by atoms with van der Waals surface area (Å²) in [6, 6.07) is 3.31. The lowest BCUT2D eigenvalue weighted by Crippen LogP contribution is -1.99. The number of furan rings is 1. The van der Waals surface area contributed by atoms with E-state index in [-0.39, 0.29) is 6.61 Å². The summed E-state index contributed by atoms with van der Waals surface area (Å²) >= 11 is 0. The molecule has 0 bridgehead atoms. The first-order chi connectivity index (χ1) is 5.88. The highest BCUT2D eigenvalue weighted by Gasteiger charge is 2.13. The van der Waals surface area contributed by atoms with Crippen LogP contribution in [-0.2, 0) is 4.74 Å². The van der Waals surface area contributed by atoms with Crippen molar-refractivity contribution >= 4 is 0 Å². The summed E-state index contributed by atoms with van der Waals surface area (Å²) < 4.78 is 9.92. The molecule has 1 aromatic heterocycles. The van der Waals surface area contributed by atoms with Crippen LogP contribution in [0.3, 0.4) is 0 Å². The number of hydrogen-bond acceptors (Lipinski definition) is 4. The van der Waals surface area contributed by atoms with Crippen molar-refractivity contribution in [2.45, 2.75) is 6.23 Å². The van der Waals surface area contributed by atoms with Crippen LogP contribution in [0.5, 0.6) is 0 Å². The molecular formula is C8H9NO3. The van der Waals surface area contributed by atoms with Gasteiger partial charge in [-0.25, -0.2) is 0 Å². The maximum Gasteiger partial charge on any atom is 0.248 e. The van der Waals surface area contributed by atoms with Crippen LogP contribution in [0, 0.1) is 4.91 Å². The first kappa shape index (κ1) is 8.67. The van der Waals surface area contributed by atoms with E-state index in [1.54, 1.807) is 18.2 Å². The molecule has 1 atom stereocenters. The van der Waals surface area contributed by atoms with Gasteiger partial charge in [-0.3, -0.25) is 0 Å². The molecule has 1 rings (SSSR count). The predicted octanol–water partition coefficient (Wildman–Crippen LogP) is 2.25. The zero-order valence-electron chi connectivity index (χ0n) is 6.47. The Morgan fingerprint density at radius 3 is 3.17 bits per heavy atom. The Morgan fingerprint density at radius 1 is 1.83 bits per heavy atom. The second-order valence-corrected chi connectivity index (χ2v) is 2.10. The Hall–Kier alpha value is -1.42. The summed E-state index contributed by atoms with van der Waals surface area (Å²) in [6.07, 6.45) is 2.14. The second-order valence-electron chi connectivity index (χ2n) is 2.10. The monoisotopic (exact) mass is 167 g/mol. The van der Waals surface area contributed by atoms with Gasteiger partial charge in [-0.1, -0.05) is 6.08 Å². The molecule has 4 nitrogen and oxygen atoms in total. The van der Waals surface area contributed by atoms with E-state index in [1.807, 2.05) is 0 Å². The molecule has 0 N–H and O–H groups in total. The molecule has 0 amide bonds. The molecular weight excluding hydrogens is 158 g/mol. The van der Waals surface area contributed by atoms with Gasteiger partial charge in [0.2, 0.25) is 6.23 Å². The van der Waals surface area contributed by atoms with Crippen LogP contribution < -0.4 is 0 Å². The summed E-state index contributed by atoms with van der Waals surface area (Å²) in [5.41, 5.74) is 0. The van der Waals surface area contributed by atoms with Crippen LogP contribution in [0.25, 0.3) is 0 Å². The third-order valence-electron chi connectivity index (χ3n) is 1.25. The minimum atomic E-state index is -0.863. The van der Waals surface area contributed by atoms with Gasteiger partial charge < -0.3 is 9.15 Å². The van der Waals surface area contributed by atoms with Crippen LogP contribution in [0.1, 0.15) is 12.0 Å². The molecule has 1 aromatic rings. The van der Waals surface area contributed by atoms with E-state index in [2.05, 4.69) is 11.8 Å². The van der Waals surface area contributed by atoms with Crippen LogP contribution in [0.4, 0.5) is 0 Å². The van der Waals surface area contributed by atoms with Gasteiger partial charge in [0.1, 0.15) is 0 Å². The predicted molar refractivity (Wildman–Crippen MR) is 43.4 cm³/mol. The number of hydrogen-bond donors (Lipinski definition) is 0. The Morgan fingerprint density at radius 2 is 2.67 bits per heavy atom. The average Bonchev–Trinajstić information content (AvgIpc) is 2.59. The van der Waals surface area contributed by atoms with E-state index in [9.17, 15) is 4.91 Å². The molecule has 0 fully saturated rings. The highest BCUT2D eigenvalue weighted by Crippen LogP contribution is 2.18. The molecule has 0 aromatic carbocycles. The smallest absolute Gasteiger partial charge is 0.248 e. The van der Waals surface area contributed by atoms with Gasteiger partial charge in [0.05, 0.1) is 12.9 Å². The van der Waals surface area contributed by atoms with E-state index in [1.165, 1.54) is 6.26 Å². The fourth-order valence-electron chi connectivity index (χ4n) is 0.755. The summed E-state index contributed by atoms with van der Waals surface area (Å²) in [7, 11) is 0. The highest BCUT2D eigenvalue weighted by atomic mass is 16.5. The lowest BCUT2D eigenvalue weighted by Gasteiger charge is -2.04. The van der Waals surface area contributed by atoms with Gasteiger partial charge >= 0.3 is 0 Å². The van der Waals surface area contributed by atoms with Crippen LogP contribution in [0.2, 0.25) is 0 Å². The van der Waals surface area contributed by atoms with E-state index in [4.69, 9.17) is 9.15 Å². The SMILES string of the molecule is C=CCOC(N=O)c1ccco1. The molecule has 0 saturated heterocycles. The van der Waals surface area contributed by atoms with E-state index < -0.39 is 6.23 Å². The van der Waals surface area contributed by atoms with Gasteiger partial charge in [0.25, 0.3) is 0 Å². The Kier molecular flexibility index (Phi) is 3.22. The van der Waals surface area contributed by atoms with Crippen LogP contribution in [0.15, 0.2) is 40.6 Å². The van der Waals surface area contributed by atoms with Crippen molar-refractivity contribution in [3.8, 4) is 0 Å². The number of ether oxygens (including phenoxy) is 1. The summed E-state index contributed by atoms with van der Waals surface area (Å²) in [4.78, 5) is 10.2. The molecule has 0 aliphatic rings. The molecule has 12 heavy (non-hydrogen) atoms. The molecule has 1 unspecified atom stereocenters. The molecule has 4 heteroatoms. The third-order valence-corrected chi connectivity index (χ3v) is 1.25. The highest BCUT2D eigenvalue weighted by molar-refractivity contribution is 5.01. The van der Waals surface area contributed by atoms with Crippen molar-refractivity contribution in [2.75, 3.05) is 6.61 Å². The largest absolute Gasteiger partial charge is 0.464 e. The maximum absolute atomic E-state index is 10.2. The van der Waals surface area contributed by atoms with Crippen molar-refractivity contribution < 1.29 is 9.15 Å². The minimum Gasteiger partial charge on any atom is -0.464 e. The second kappa shape index (κ2) is 4.46. The molecule has 0 radical (unpaired) electrons. The first-order valence-electron chi connectivity index (χ1n) is 3.47. The van der Waals surface area contributed by atoms with E-state index in [0.29, 0.717) is 5.76 Å². The Labute approximate surface area is 69.8 Å². The lowest BCUT2D eigenvalue weighted by molar-refractivity contribution is 0.0631. The molecule has 0 aliphatic heterocycles. The van der Waals surface area contributed by atoms with Gasteiger partial charge in [-0.15, -0.1) is 11.5 Å². The van der Waals surface area contributed by atoms with E-state index >= 15 is 0 Å². The van der Waals surface area contributed by atoms with Gasteiger partial charge in [-0.2, -0.15) is 0 Å². The topological polar surface area (TPSA) is 51.8 Å². The summed E-state index contributed by atoms with van der Waals surface area (Å²) in [5.74, 6) is 0.409. The third kappa shape index (κ3) is 2.03. The quantitative estimate of drug-likeness (QED) is 0.499. The van der Waals surface area contributed by atoms with Gasteiger partial charge in [0.15, 0.2) is 5.76 Å². The number of nitrogens with zero attached hydrogens (tertiary/aromatic N) is 1. The zero-order valence-corrected chi connectivity index (χ0v) is 6.47. The van der Waals surface area contributed by atoms with E-state index in [0.717, 1.165) is 0 Å². The van der Waals surface area contributed by atoms with Gasteiger partial charge in [-0.05, 0) is 17.3 Å². The Balaban J connectivity index is 2.56. The number of nitroso groups, excluding NO2 is 1. The van der Waals surface area contributed by atoms with Crippen molar-refractivity contribution in [2.24, 2.45) is 5.18 Å². The van der Waals surface area contributed by atoms with Crippen molar-refractivity contribution in [1.29, 1.82) is 0 Å². The average molecular weight is 167 g/mol. The molecule has 64 valence electrons. The van der Waals surface area contributed by atoms with Crippen LogP contribution in [-0.4, -0.2) is 6.61 Å². The minimum absolute atomic E-state index is 0.275.